The second-order valence-electron chi connectivity index (χ2n) is 22.8. The van der Waals surface area contributed by atoms with Gasteiger partial charge in [0.25, 0.3) is 0 Å². The maximum atomic E-state index is 14.3. The summed E-state index contributed by atoms with van der Waals surface area (Å²) in [5.74, 6) is -7.11. The fourth-order valence-electron chi connectivity index (χ4n) is 8.95. The van der Waals surface area contributed by atoms with Gasteiger partial charge in [-0.05, 0) is 52.4 Å². The van der Waals surface area contributed by atoms with Crippen LogP contribution in [0.25, 0.3) is 0 Å². The van der Waals surface area contributed by atoms with Gasteiger partial charge in [-0.1, -0.05) is 71.3 Å². The van der Waals surface area contributed by atoms with E-state index in [0.29, 0.717) is 145 Å². The third kappa shape index (κ3) is 62.3. The Kier molecular flexibility index (Phi) is 67.2. The van der Waals surface area contributed by atoms with Gasteiger partial charge < -0.3 is 110 Å². The molecule has 0 saturated carbocycles. The van der Waals surface area contributed by atoms with Gasteiger partial charge >= 0.3 is 41.9 Å². The highest BCUT2D eigenvalue weighted by Crippen LogP contribution is 2.35. The van der Waals surface area contributed by atoms with Crippen LogP contribution < -0.4 is 5.32 Å². The molecule has 0 spiro atoms. The standard InChI is InChI=1S/C68H123NO29/c1-7-9-10-11-12-13-14-15-16-17-23-94-64(74)59(55-60(65(75)95-50-26-78-5)56-68(3,4)66(76)97-51-49-92-57-79-6)54-58(63(73)96-52-53-98-67(77)69-21-25-93-62(72)8-2)19-18-22-80-27-29-82-31-33-84-35-37-86-39-41-88-43-45-90-47-48-91-46-44-89-42-40-87-38-36-85-34-32-83-30-28-81-24-20-61(70)71/h8,58-60H,2,7,9-57H2,1,3-6H3,(H,69,77)(H,70,71). The number of nitrogens with one attached hydrogen (secondary N) is 1. The molecule has 3 atom stereocenters. The lowest BCUT2D eigenvalue weighted by Gasteiger charge is -2.29. The van der Waals surface area contributed by atoms with E-state index >= 15 is 0 Å². The van der Waals surface area contributed by atoms with Crippen molar-refractivity contribution in [2.45, 2.75) is 124 Å². The number of carbonyl (C=O) groups excluding carboxylic acids is 6. The third-order valence-corrected chi connectivity index (χ3v) is 14.1. The zero-order valence-corrected chi connectivity index (χ0v) is 59.8. The average molecular weight is 1420 g/mol. The summed E-state index contributed by atoms with van der Waals surface area (Å²) < 4.78 is 114. The fourth-order valence-corrected chi connectivity index (χ4v) is 8.95. The molecule has 0 aliphatic rings. The first kappa shape index (κ1) is 93.2. The maximum absolute atomic E-state index is 14.3. The third-order valence-electron chi connectivity index (χ3n) is 14.1. The summed E-state index contributed by atoms with van der Waals surface area (Å²) in [6.45, 7) is 17.2. The number of carboxylic acids is 1. The molecule has 0 heterocycles. The summed E-state index contributed by atoms with van der Waals surface area (Å²) in [6.07, 6.45) is 11.2. The van der Waals surface area contributed by atoms with E-state index in [-0.39, 0.29) is 125 Å². The number of hydrogen-bond acceptors (Lipinski definition) is 28. The lowest BCUT2D eigenvalue weighted by atomic mass is 9.77. The van der Waals surface area contributed by atoms with E-state index in [9.17, 15) is 33.6 Å². The number of esters is 5. The second-order valence-corrected chi connectivity index (χ2v) is 22.8. The van der Waals surface area contributed by atoms with Crippen LogP contribution in [0, 0.1) is 23.2 Å². The minimum absolute atomic E-state index is 0.0127. The van der Waals surface area contributed by atoms with Crippen LogP contribution in [0.5, 0.6) is 0 Å². The number of hydrogen-bond donors (Lipinski definition) is 2. The highest BCUT2D eigenvalue weighted by molar-refractivity contribution is 5.81. The molecule has 30 nitrogen and oxygen atoms in total. The van der Waals surface area contributed by atoms with Gasteiger partial charge in [0.2, 0.25) is 0 Å². The zero-order chi connectivity index (χ0) is 71.9. The van der Waals surface area contributed by atoms with Crippen LogP contribution in [0.15, 0.2) is 12.7 Å². The number of amides is 1. The first-order valence-corrected chi connectivity index (χ1v) is 34.8. The van der Waals surface area contributed by atoms with Gasteiger partial charge in [0.05, 0.1) is 208 Å². The average Bonchev–Trinajstić information content (AvgIpc) is 0.865. The molecule has 0 bridgehead atoms. The number of carboxylic acid groups (broad SMARTS) is 1. The molecule has 0 saturated heterocycles. The Morgan fingerprint density at radius 3 is 1.21 bits per heavy atom. The minimum atomic E-state index is -1.24. The van der Waals surface area contributed by atoms with E-state index in [1.54, 1.807) is 13.8 Å². The summed E-state index contributed by atoms with van der Waals surface area (Å²) in [5, 5.41) is 11.0. The number of methoxy groups -OCH3 is 2. The molecule has 2 N–H and O–H groups in total. The predicted molar refractivity (Wildman–Crippen MR) is 355 cm³/mol. The molecular weight excluding hydrogens is 1290 g/mol. The molecule has 0 aliphatic heterocycles. The van der Waals surface area contributed by atoms with Crippen molar-refractivity contribution in [3.05, 3.63) is 12.7 Å². The van der Waals surface area contributed by atoms with Crippen LogP contribution in [0.2, 0.25) is 0 Å². The Bertz CT molecular complexity index is 1920. The van der Waals surface area contributed by atoms with Gasteiger partial charge in [-0.25, -0.2) is 9.59 Å². The van der Waals surface area contributed by atoms with E-state index in [1.807, 2.05) is 0 Å². The van der Waals surface area contributed by atoms with Crippen LogP contribution in [-0.4, -0.2) is 286 Å². The molecule has 574 valence electrons. The van der Waals surface area contributed by atoms with Gasteiger partial charge in [0.15, 0.2) is 0 Å². The number of alkyl carbamates (subject to hydrolysis) is 1. The molecule has 1 amide bonds. The van der Waals surface area contributed by atoms with Crippen molar-refractivity contribution in [3.63, 3.8) is 0 Å². The van der Waals surface area contributed by atoms with Gasteiger partial charge in [0.1, 0.15) is 39.8 Å². The fraction of sp³-hybridized carbons (Fsp3) is 0.868. The first-order chi connectivity index (χ1) is 47.7. The minimum Gasteiger partial charge on any atom is -0.481 e. The van der Waals surface area contributed by atoms with Crippen LogP contribution in [0.4, 0.5) is 4.79 Å². The molecule has 30 heteroatoms. The van der Waals surface area contributed by atoms with Gasteiger partial charge in [-0.2, -0.15) is 0 Å². The predicted octanol–water partition coefficient (Wildman–Crippen LogP) is 6.30. The van der Waals surface area contributed by atoms with E-state index < -0.39 is 65.1 Å². The Hall–Kier alpha value is -4.77. The number of aliphatic carboxylic acids is 1. The van der Waals surface area contributed by atoms with Crippen LogP contribution in [-0.2, 0) is 128 Å². The van der Waals surface area contributed by atoms with Crippen LogP contribution >= 0.6 is 0 Å². The SMILES string of the molecule is C=CC(=O)OCCNC(=O)OCCOC(=O)C(CCCOCCOCCOCCOCCOCCOCCOCCOCCOCCOCCOCCOCCC(=O)O)CC(CC(CC(C)(C)C(=O)OCCOCOC)C(=O)OCCOC)C(=O)OCCCCCCCCCCCC. The Morgan fingerprint density at radius 1 is 0.388 bits per heavy atom. The molecule has 0 rings (SSSR count). The van der Waals surface area contributed by atoms with Crippen molar-refractivity contribution in [1.29, 1.82) is 0 Å². The smallest absolute Gasteiger partial charge is 0.407 e. The lowest BCUT2D eigenvalue weighted by Crippen LogP contribution is -2.36. The molecule has 0 aromatic rings. The van der Waals surface area contributed by atoms with Crippen molar-refractivity contribution in [1.82, 2.24) is 5.32 Å². The topological polar surface area (TPSA) is 346 Å². The molecule has 3 unspecified atom stereocenters. The number of unbranched alkanes of at least 4 members (excludes halogenated alkanes) is 9. The quantitative estimate of drug-likeness (QED) is 0.0222. The molecule has 0 fully saturated rings. The molecule has 0 aliphatic carbocycles. The molecule has 0 aromatic heterocycles. The number of ether oxygens (including phenoxy) is 21. The maximum Gasteiger partial charge on any atom is 0.407 e. The van der Waals surface area contributed by atoms with Crippen molar-refractivity contribution in [2.75, 3.05) is 239 Å². The highest BCUT2D eigenvalue weighted by atomic mass is 16.7. The normalized spacial score (nSPS) is 12.4. The Morgan fingerprint density at radius 2 is 0.765 bits per heavy atom. The molecule has 0 aromatic carbocycles. The second kappa shape index (κ2) is 70.7. The highest BCUT2D eigenvalue weighted by Gasteiger charge is 2.40. The zero-order valence-electron chi connectivity index (χ0n) is 59.8. The van der Waals surface area contributed by atoms with Gasteiger partial charge in [0, 0.05) is 26.9 Å². The Labute approximate surface area is 581 Å². The van der Waals surface area contributed by atoms with E-state index in [1.165, 1.54) is 46.3 Å². The molecule has 98 heavy (non-hydrogen) atoms. The first-order valence-electron chi connectivity index (χ1n) is 34.8. The summed E-state index contributed by atoms with van der Waals surface area (Å²) in [7, 11) is 2.93. The molecular formula is C68H123NO29. The summed E-state index contributed by atoms with van der Waals surface area (Å²) >= 11 is 0. The van der Waals surface area contributed by atoms with Gasteiger partial charge in [-0.3, -0.25) is 24.0 Å². The van der Waals surface area contributed by atoms with E-state index in [0.717, 1.165) is 31.8 Å². The summed E-state index contributed by atoms with van der Waals surface area (Å²) in [4.78, 5) is 89.8. The summed E-state index contributed by atoms with van der Waals surface area (Å²) in [6, 6.07) is 0. The summed E-state index contributed by atoms with van der Waals surface area (Å²) in [5.41, 5.74) is -1.24. The van der Waals surface area contributed by atoms with Crippen molar-refractivity contribution < 1.29 is 138 Å². The number of rotatable bonds is 76. The van der Waals surface area contributed by atoms with Crippen molar-refractivity contribution in [3.8, 4) is 0 Å². The van der Waals surface area contributed by atoms with Crippen molar-refractivity contribution >= 4 is 41.9 Å². The van der Waals surface area contributed by atoms with Crippen LogP contribution in [0.3, 0.4) is 0 Å². The van der Waals surface area contributed by atoms with Crippen molar-refractivity contribution in [2.24, 2.45) is 23.2 Å². The lowest BCUT2D eigenvalue weighted by molar-refractivity contribution is -0.161. The van der Waals surface area contributed by atoms with E-state index in [4.69, 9.17) is 105 Å². The largest absolute Gasteiger partial charge is 0.481 e. The molecule has 0 radical (unpaired) electrons. The number of carbonyl (C=O) groups is 7. The monoisotopic (exact) mass is 1420 g/mol. The van der Waals surface area contributed by atoms with Crippen LogP contribution in [0.1, 0.15) is 124 Å². The van der Waals surface area contributed by atoms with Gasteiger partial charge in [-0.15, -0.1) is 0 Å². The Balaban J connectivity index is 5.10. The van der Waals surface area contributed by atoms with E-state index in [2.05, 4.69) is 18.8 Å².